The first-order chi connectivity index (χ1) is 9.00. The van der Waals surface area contributed by atoms with Gasteiger partial charge in [0.2, 0.25) is 0 Å². The van der Waals surface area contributed by atoms with E-state index in [-0.39, 0.29) is 5.75 Å². The minimum Gasteiger partial charge on any atom is -0.398 e. The number of nitrogen functional groups attached to an aromatic ring is 1. The molecular weight excluding hydrogens is 325 g/mol. The zero-order valence-corrected chi connectivity index (χ0v) is 12.8. The number of hydrogen-bond donors (Lipinski definition) is 1. The van der Waals surface area contributed by atoms with Crippen molar-refractivity contribution in [3.63, 3.8) is 0 Å². The molecule has 0 amide bonds. The van der Waals surface area contributed by atoms with Gasteiger partial charge < -0.3 is 5.73 Å². The van der Waals surface area contributed by atoms with Crippen molar-refractivity contribution < 1.29 is 4.21 Å². The van der Waals surface area contributed by atoms with E-state index in [0.29, 0.717) is 31.2 Å². The molecule has 0 saturated carbocycles. The van der Waals surface area contributed by atoms with Crippen LogP contribution in [-0.2, 0) is 16.6 Å². The van der Waals surface area contributed by atoms with Crippen molar-refractivity contribution in [1.82, 2.24) is 0 Å². The fourth-order valence-corrected chi connectivity index (χ4v) is 4.17. The van der Waals surface area contributed by atoms with Crippen molar-refractivity contribution in [2.24, 2.45) is 0 Å². The summed E-state index contributed by atoms with van der Waals surface area (Å²) in [7, 11) is -1.41. The van der Waals surface area contributed by atoms with Gasteiger partial charge >= 0.3 is 0 Å². The van der Waals surface area contributed by atoms with Gasteiger partial charge in [-0.25, -0.2) is 0 Å². The highest BCUT2D eigenvalue weighted by atomic mass is 35.5. The predicted octanol–water partition coefficient (Wildman–Crippen LogP) is 4.54. The molecule has 0 aliphatic rings. The highest BCUT2D eigenvalue weighted by Gasteiger charge is 2.16. The normalized spacial score (nSPS) is 12.4. The Labute approximate surface area is 128 Å². The fraction of sp³-hybridized carbons (Fsp3) is 0.0769. The van der Waals surface area contributed by atoms with Crippen LogP contribution in [0.15, 0.2) is 41.3 Å². The van der Waals surface area contributed by atoms with E-state index in [1.54, 1.807) is 36.4 Å². The number of hydrogen-bond acceptors (Lipinski definition) is 2. The predicted molar refractivity (Wildman–Crippen MR) is 82.4 cm³/mol. The molecule has 1 atom stereocenters. The van der Waals surface area contributed by atoms with E-state index in [1.165, 1.54) is 0 Å². The molecule has 2 N–H and O–H groups in total. The highest BCUT2D eigenvalue weighted by molar-refractivity contribution is 7.84. The summed E-state index contributed by atoms with van der Waals surface area (Å²) in [6.07, 6.45) is 0. The molecule has 0 fully saturated rings. The van der Waals surface area contributed by atoms with Crippen molar-refractivity contribution in [2.75, 3.05) is 5.73 Å². The Hall–Kier alpha value is -0.740. The summed E-state index contributed by atoms with van der Waals surface area (Å²) in [6.45, 7) is 0. The number of anilines is 1. The molecule has 2 aromatic rings. The molecule has 1 unspecified atom stereocenters. The van der Waals surface area contributed by atoms with Crippen LogP contribution in [0.3, 0.4) is 0 Å². The topological polar surface area (TPSA) is 43.1 Å². The first kappa shape index (κ1) is 14.7. The largest absolute Gasteiger partial charge is 0.398 e. The summed E-state index contributed by atoms with van der Waals surface area (Å²) in [5, 5.41) is 1.23. The van der Waals surface area contributed by atoms with Crippen molar-refractivity contribution in [1.29, 1.82) is 0 Å². The average molecular weight is 335 g/mol. The van der Waals surface area contributed by atoms with Crippen LogP contribution in [0, 0.1) is 0 Å². The van der Waals surface area contributed by atoms with Gasteiger partial charge in [-0.1, -0.05) is 46.9 Å². The number of rotatable bonds is 3. The molecule has 6 heteroatoms. The maximum atomic E-state index is 12.4. The van der Waals surface area contributed by atoms with E-state index < -0.39 is 10.8 Å². The van der Waals surface area contributed by atoms with E-state index in [0.717, 1.165) is 0 Å². The zero-order valence-electron chi connectivity index (χ0n) is 9.70. The Morgan fingerprint density at radius 2 is 1.47 bits per heavy atom. The molecule has 0 heterocycles. The molecule has 0 bridgehead atoms. The summed E-state index contributed by atoms with van der Waals surface area (Å²) in [4.78, 5) is 0.408. The molecule has 0 aliphatic carbocycles. The average Bonchev–Trinajstić information content (AvgIpc) is 2.34. The number of benzene rings is 2. The van der Waals surface area contributed by atoms with E-state index in [1.807, 2.05) is 0 Å². The van der Waals surface area contributed by atoms with E-state index in [9.17, 15) is 4.21 Å². The fourth-order valence-electron chi connectivity index (χ4n) is 1.63. The summed E-state index contributed by atoms with van der Waals surface area (Å²) >= 11 is 18.1. The quantitative estimate of drug-likeness (QED) is 0.838. The van der Waals surface area contributed by atoms with E-state index in [2.05, 4.69) is 0 Å². The number of halogens is 3. The summed E-state index contributed by atoms with van der Waals surface area (Å²) < 4.78 is 12.4. The third-order valence-electron chi connectivity index (χ3n) is 2.58. The van der Waals surface area contributed by atoms with Crippen molar-refractivity contribution in [3.05, 3.63) is 57.0 Å². The Balaban J connectivity index is 2.37. The monoisotopic (exact) mass is 333 g/mol. The summed E-state index contributed by atoms with van der Waals surface area (Å²) in [5.74, 6) is 0.176. The third kappa shape index (κ3) is 3.23. The zero-order chi connectivity index (χ0) is 14.0. The van der Waals surface area contributed by atoms with Gasteiger partial charge in [-0.05, 0) is 24.3 Å². The Bertz CT molecular complexity index is 605. The maximum absolute atomic E-state index is 12.4. The van der Waals surface area contributed by atoms with E-state index >= 15 is 0 Å². The van der Waals surface area contributed by atoms with Crippen LogP contribution in [0.25, 0.3) is 0 Å². The molecule has 0 aromatic heterocycles. The van der Waals surface area contributed by atoms with Gasteiger partial charge in [0.05, 0.1) is 31.5 Å². The molecular formula is C13H10Cl3NOS. The second-order valence-corrected chi connectivity index (χ2v) is 6.46. The molecule has 100 valence electrons. The first-order valence-electron chi connectivity index (χ1n) is 5.36. The summed E-state index contributed by atoms with van der Waals surface area (Å²) in [6, 6.07) is 10.2. The lowest BCUT2D eigenvalue weighted by molar-refractivity contribution is 0.682. The highest BCUT2D eigenvalue weighted by Crippen LogP contribution is 2.31. The molecule has 19 heavy (non-hydrogen) atoms. The lowest BCUT2D eigenvalue weighted by atomic mass is 10.2. The molecule has 2 aromatic carbocycles. The van der Waals surface area contributed by atoms with Gasteiger partial charge in [0.15, 0.2) is 0 Å². The second-order valence-electron chi connectivity index (χ2n) is 3.85. The second kappa shape index (κ2) is 6.14. The Kier molecular flexibility index (Phi) is 4.74. The Morgan fingerprint density at radius 3 is 2.05 bits per heavy atom. The van der Waals surface area contributed by atoms with Crippen LogP contribution in [-0.4, -0.2) is 4.21 Å². The SMILES string of the molecule is Nc1cccc(Cl)c1CS(=O)c1c(Cl)cccc1Cl. The molecule has 0 radical (unpaired) electrons. The van der Waals surface area contributed by atoms with Crippen LogP contribution >= 0.6 is 34.8 Å². The van der Waals surface area contributed by atoms with Crippen LogP contribution in [0.2, 0.25) is 15.1 Å². The molecule has 0 saturated heterocycles. The standard InChI is InChI=1S/C13H10Cl3NOS/c14-9-3-2-6-12(17)8(9)7-19(18)13-10(15)4-1-5-11(13)16/h1-6H,7,17H2. The maximum Gasteiger partial charge on any atom is 0.0763 e. The lowest BCUT2D eigenvalue weighted by Crippen LogP contribution is -2.02. The Morgan fingerprint density at radius 1 is 0.947 bits per heavy atom. The van der Waals surface area contributed by atoms with Gasteiger partial charge in [0.1, 0.15) is 0 Å². The molecule has 2 rings (SSSR count). The minimum atomic E-state index is -1.41. The van der Waals surface area contributed by atoms with Crippen LogP contribution in [0.4, 0.5) is 5.69 Å². The molecule has 2 nitrogen and oxygen atoms in total. The van der Waals surface area contributed by atoms with Crippen molar-refractivity contribution in [2.45, 2.75) is 10.6 Å². The van der Waals surface area contributed by atoms with Gasteiger partial charge in [0, 0.05) is 16.3 Å². The van der Waals surface area contributed by atoms with Crippen molar-refractivity contribution in [3.8, 4) is 0 Å². The van der Waals surface area contributed by atoms with Gasteiger partial charge in [0.25, 0.3) is 0 Å². The van der Waals surface area contributed by atoms with Gasteiger partial charge in [-0.3, -0.25) is 4.21 Å². The van der Waals surface area contributed by atoms with E-state index in [4.69, 9.17) is 40.5 Å². The third-order valence-corrected chi connectivity index (χ3v) is 5.23. The summed E-state index contributed by atoms with van der Waals surface area (Å²) in [5.41, 5.74) is 6.98. The van der Waals surface area contributed by atoms with Crippen LogP contribution in [0.1, 0.15) is 5.56 Å². The van der Waals surface area contributed by atoms with Crippen molar-refractivity contribution >= 4 is 51.3 Å². The lowest BCUT2D eigenvalue weighted by Gasteiger charge is -2.10. The molecule has 0 spiro atoms. The van der Waals surface area contributed by atoms with Crippen LogP contribution < -0.4 is 5.73 Å². The molecule has 0 aliphatic heterocycles. The van der Waals surface area contributed by atoms with Crippen LogP contribution in [0.5, 0.6) is 0 Å². The number of nitrogens with two attached hydrogens (primary N) is 1. The van der Waals surface area contributed by atoms with Gasteiger partial charge in [-0.2, -0.15) is 0 Å². The minimum absolute atomic E-state index is 0.176. The smallest absolute Gasteiger partial charge is 0.0763 e. The first-order valence-corrected chi connectivity index (χ1v) is 7.81. The van der Waals surface area contributed by atoms with Gasteiger partial charge in [-0.15, -0.1) is 0 Å².